The third kappa shape index (κ3) is 7.00. The number of carbonyl (C=O) groups is 1. The van der Waals surface area contributed by atoms with Gasteiger partial charge in [-0.25, -0.2) is 4.39 Å². The van der Waals surface area contributed by atoms with Crippen LogP contribution < -0.4 is 20.1 Å². The number of halogens is 1. The van der Waals surface area contributed by atoms with E-state index in [1.54, 1.807) is 25.4 Å². The molecule has 0 radical (unpaired) electrons. The van der Waals surface area contributed by atoms with E-state index in [9.17, 15) is 4.79 Å². The number of nitrogens with one attached hydrogen (secondary N) is 2. The number of pyridine rings is 1. The van der Waals surface area contributed by atoms with Gasteiger partial charge in [-0.2, -0.15) is 0 Å². The van der Waals surface area contributed by atoms with E-state index >= 15 is 4.39 Å². The number of carbonyl (C=O) groups excluding carboxylic acids is 1. The van der Waals surface area contributed by atoms with Crippen molar-refractivity contribution in [3.63, 3.8) is 0 Å². The van der Waals surface area contributed by atoms with Crippen molar-refractivity contribution in [3.05, 3.63) is 95.4 Å². The van der Waals surface area contributed by atoms with Gasteiger partial charge in [0.25, 0.3) is 0 Å². The number of likely N-dealkylation sites (tertiary alicyclic amines) is 1. The Morgan fingerprint density at radius 3 is 2.52 bits per heavy atom. The number of hydrogen-bond donors (Lipinski definition) is 2. The predicted octanol–water partition coefficient (Wildman–Crippen LogP) is 6.00. The molecule has 0 bridgehead atoms. The Bertz CT molecular complexity index is 1650. The molecule has 3 aromatic carbocycles. The van der Waals surface area contributed by atoms with Crippen LogP contribution >= 0.6 is 12.2 Å². The molecular formula is C35H37FN4O3S. The highest BCUT2D eigenvalue weighted by molar-refractivity contribution is 7.80. The number of ether oxygens (including phenoxy) is 2. The Morgan fingerprint density at radius 2 is 1.80 bits per heavy atom. The first-order valence-corrected chi connectivity index (χ1v) is 15.5. The van der Waals surface area contributed by atoms with Gasteiger partial charge in [0.1, 0.15) is 5.82 Å². The Hall–Kier alpha value is -4.08. The number of nitrogens with zero attached hydrogens (tertiary/aromatic N) is 2. The molecule has 2 N–H and O–H groups in total. The van der Waals surface area contributed by atoms with Gasteiger partial charge in [-0.1, -0.05) is 36.4 Å². The van der Waals surface area contributed by atoms with Gasteiger partial charge in [-0.15, -0.1) is 0 Å². The van der Waals surface area contributed by atoms with Crippen LogP contribution in [0.2, 0.25) is 0 Å². The number of fused-ring (bicyclic) bond motifs is 2. The average molecular weight is 613 g/mol. The Labute approximate surface area is 262 Å². The lowest BCUT2D eigenvalue weighted by atomic mass is 10.00. The summed E-state index contributed by atoms with van der Waals surface area (Å²) in [6.07, 6.45) is 4.73. The van der Waals surface area contributed by atoms with E-state index in [-0.39, 0.29) is 23.3 Å². The number of methoxy groups -OCH3 is 1. The maximum atomic E-state index is 15.3. The van der Waals surface area contributed by atoms with Crippen LogP contribution in [0.4, 0.5) is 10.1 Å². The molecular weight excluding hydrogens is 575 g/mol. The monoisotopic (exact) mass is 612 g/mol. The molecule has 1 aromatic heterocycles. The third-order valence-corrected chi connectivity index (χ3v) is 8.98. The van der Waals surface area contributed by atoms with Crippen LogP contribution in [0.1, 0.15) is 29.5 Å². The quantitative estimate of drug-likeness (QED) is 0.225. The first-order chi connectivity index (χ1) is 21.3. The van der Waals surface area contributed by atoms with Gasteiger partial charge >= 0.3 is 0 Å². The minimum absolute atomic E-state index is 0.117. The molecule has 4 aromatic rings. The van der Waals surface area contributed by atoms with Crippen molar-refractivity contribution in [1.82, 2.24) is 15.2 Å². The summed E-state index contributed by atoms with van der Waals surface area (Å²) >= 11 is 5.27. The third-order valence-electron chi connectivity index (χ3n) is 8.78. The molecule has 1 aliphatic heterocycles. The van der Waals surface area contributed by atoms with Crippen LogP contribution in [0, 0.1) is 23.6 Å². The molecule has 1 aliphatic carbocycles. The van der Waals surface area contributed by atoms with Crippen LogP contribution in [-0.2, 0) is 17.6 Å². The standard InChI is InChI=1S/C35H37FN4O3S/c1-40-19-26-12-23(13-27(26)20-40)21-43-33-18-31-29(17-32(33)42-2)24(10-11-37-31)15-25-8-9-28(16-30(25)36)38-35(44)39-34(41)14-22-6-4-3-5-7-22/h3-11,16-18,23,26-27H,12-15,19-21H2,1-2H3,(H2,38,39,41,44). The Kier molecular flexibility index (Phi) is 9.04. The second kappa shape index (κ2) is 13.3. The fraction of sp³-hybridized carbons (Fsp3) is 0.343. The summed E-state index contributed by atoms with van der Waals surface area (Å²) in [5.74, 6) is 2.83. The highest BCUT2D eigenvalue weighted by Crippen LogP contribution is 2.42. The van der Waals surface area contributed by atoms with Crippen molar-refractivity contribution in [2.75, 3.05) is 39.2 Å². The molecule has 228 valence electrons. The van der Waals surface area contributed by atoms with Crippen molar-refractivity contribution >= 4 is 39.8 Å². The van der Waals surface area contributed by atoms with Gasteiger partial charge < -0.3 is 25.0 Å². The number of amides is 1. The molecule has 1 saturated carbocycles. The molecule has 9 heteroatoms. The van der Waals surface area contributed by atoms with Crippen molar-refractivity contribution in [1.29, 1.82) is 0 Å². The smallest absolute Gasteiger partial charge is 0.230 e. The molecule has 0 spiro atoms. The summed E-state index contributed by atoms with van der Waals surface area (Å²) in [5.41, 5.74) is 3.57. The zero-order chi connectivity index (χ0) is 30.6. The van der Waals surface area contributed by atoms with Gasteiger partial charge in [0.05, 0.1) is 25.7 Å². The van der Waals surface area contributed by atoms with E-state index < -0.39 is 0 Å². The molecule has 2 fully saturated rings. The SMILES string of the molecule is COc1cc2c(Cc3ccc(NC(=S)NC(=O)Cc4ccccc4)cc3F)ccnc2cc1OCC1CC2CN(C)CC2C1. The zero-order valence-corrected chi connectivity index (χ0v) is 25.8. The number of thiocarbonyl (C=S) groups is 1. The van der Waals surface area contributed by atoms with Crippen molar-refractivity contribution in [3.8, 4) is 11.5 Å². The van der Waals surface area contributed by atoms with E-state index in [2.05, 4.69) is 27.6 Å². The van der Waals surface area contributed by atoms with Crippen LogP contribution in [-0.4, -0.2) is 54.8 Å². The van der Waals surface area contributed by atoms with Crippen molar-refractivity contribution < 1.29 is 18.7 Å². The first-order valence-electron chi connectivity index (χ1n) is 15.0. The normalized spacial score (nSPS) is 19.5. The molecule has 1 saturated heterocycles. The number of benzene rings is 3. The van der Waals surface area contributed by atoms with Crippen molar-refractivity contribution in [2.45, 2.75) is 25.7 Å². The summed E-state index contributed by atoms with van der Waals surface area (Å²) in [6, 6.07) is 20.0. The first kappa shape index (κ1) is 30.0. The van der Waals surface area contributed by atoms with E-state index in [1.807, 2.05) is 48.5 Å². The number of aromatic nitrogens is 1. The van der Waals surface area contributed by atoms with E-state index in [0.29, 0.717) is 41.7 Å². The second-order valence-electron chi connectivity index (χ2n) is 12.0. The lowest BCUT2D eigenvalue weighted by Gasteiger charge is -2.18. The van der Waals surface area contributed by atoms with Gasteiger partial charge in [0.2, 0.25) is 5.91 Å². The minimum Gasteiger partial charge on any atom is -0.493 e. The van der Waals surface area contributed by atoms with Gasteiger partial charge in [-0.05, 0) is 90.8 Å². The fourth-order valence-electron chi connectivity index (χ4n) is 6.73. The summed E-state index contributed by atoms with van der Waals surface area (Å²) in [6.45, 7) is 3.05. The number of anilines is 1. The maximum Gasteiger partial charge on any atom is 0.230 e. The summed E-state index contributed by atoms with van der Waals surface area (Å²) in [5, 5.41) is 6.56. The summed E-state index contributed by atoms with van der Waals surface area (Å²) < 4.78 is 27.3. The predicted molar refractivity (Wildman–Crippen MR) is 175 cm³/mol. The van der Waals surface area contributed by atoms with E-state index in [0.717, 1.165) is 33.9 Å². The second-order valence-corrected chi connectivity index (χ2v) is 12.4. The highest BCUT2D eigenvalue weighted by atomic mass is 32.1. The maximum absolute atomic E-state index is 15.3. The summed E-state index contributed by atoms with van der Waals surface area (Å²) in [7, 11) is 3.85. The van der Waals surface area contributed by atoms with Gasteiger partial charge in [-0.3, -0.25) is 9.78 Å². The lowest BCUT2D eigenvalue weighted by molar-refractivity contribution is -0.119. The molecule has 2 aliphatic rings. The molecule has 7 nitrogen and oxygen atoms in total. The van der Waals surface area contributed by atoms with Crippen LogP contribution in [0.3, 0.4) is 0 Å². The van der Waals surface area contributed by atoms with Crippen molar-refractivity contribution in [2.24, 2.45) is 17.8 Å². The zero-order valence-electron chi connectivity index (χ0n) is 25.0. The number of rotatable bonds is 9. The van der Waals surface area contributed by atoms with E-state index in [1.165, 1.54) is 32.0 Å². The van der Waals surface area contributed by atoms with Crippen LogP contribution in [0.15, 0.2) is 72.9 Å². The van der Waals surface area contributed by atoms with Gasteiger partial charge in [0.15, 0.2) is 16.6 Å². The molecule has 2 atom stereocenters. The molecule has 1 amide bonds. The Morgan fingerprint density at radius 1 is 1.02 bits per heavy atom. The molecule has 44 heavy (non-hydrogen) atoms. The number of hydrogen-bond acceptors (Lipinski definition) is 6. The Balaban J connectivity index is 1.10. The highest BCUT2D eigenvalue weighted by Gasteiger charge is 2.39. The molecule has 6 rings (SSSR count). The largest absolute Gasteiger partial charge is 0.493 e. The average Bonchev–Trinajstić information content (AvgIpc) is 3.54. The lowest BCUT2D eigenvalue weighted by Crippen LogP contribution is -2.35. The van der Waals surface area contributed by atoms with Crippen LogP contribution in [0.5, 0.6) is 11.5 Å². The summed E-state index contributed by atoms with van der Waals surface area (Å²) in [4.78, 5) is 19.3. The fourth-order valence-corrected chi connectivity index (χ4v) is 6.96. The van der Waals surface area contributed by atoms with Gasteiger partial charge in [0, 0.05) is 42.8 Å². The molecule has 2 heterocycles. The van der Waals surface area contributed by atoms with E-state index in [4.69, 9.17) is 21.7 Å². The van der Waals surface area contributed by atoms with Crippen LogP contribution in [0.25, 0.3) is 10.9 Å². The molecule has 2 unspecified atom stereocenters. The topological polar surface area (TPSA) is 75.7 Å². The minimum atomic E-state index is -0.377.